The van der Waals surface area contributed by atoms with Crippen molar-refractivity contribution in [2.24, 2.45) is 0 Å². The van der Waals surface area contributed by atoms with E-state index in [1.807, 2.05) is 0 Å². The first kappa shape index (κ1) is 10.1. The minimum atomic E-state index is -2.94. The molecule has 1 aliphatic heterocycles. The largest absolute Gasteiger partial charge is 0.457 e. The molecule has 7 aromatic carbocycles. The highest BCUT2D eigenvalue weighted by atomic mass is 16.5. The minimum absolute atomic E-state index is 0.536. The van der Waals surface area contributed by atoms with Crippen molar-refractivity contribution in [3.8, 4) is 39.4 Å². The van der Waals surface area contributed by atoms with Crippen molar-refractivity contribution in [3.63, 3.8) is 0 Å². The third kappa shape index (κ3) is 3.23. The molecule has 0 atom stereocenters. The number of para-hydroxylation sites is 3. The lowest BCUT2D eigenvalue weighted by Gasteiger charge is -2.39. The molecule has 1 spiro atoms. The predicted molar refractivity (Wildman–Crippen MR) is 184 cm³/mol. The van der Waals surface area contributed by atoms with E-state index in [2.05, 4.69) is 0 Å². The molecule has 2 heteroatoms. The number of hydrogen-bond acceptors (Lipinski definition) is 1. The van der Waals surface area contributed by atoms with Gasteiger partial charge in [0.1, 0.15) is 11.5 Å². The van der Waals surface area contributed by atoms with Gasteiger partial charge in [0.2, 0.25) is 0 Å². The van der Waals surface area contributed by atoms with Crippen molar-refractivity contribution >= 4 is 21.8 Å². The van der Waals surface area contributed by atoms with Crippen LogP contribution in [0.25, 0.3) is 49.7 Å². The molecule has 2 nitrogen and oxygen atoms in total. The van der Waals surface area contributed by atoms with Crippen LogP contribution in [-0.2, 0) is 5.41 Å². The number of rotatable bonds is 2. The molecular formula is C43H27NO. The molecule has 0 saturated heterocycles. The lowest BCUT2D eigenvalue weighted by molar-refractivity contribution is 0.436. The second-order valence-electron chi connectivity index (χ2n) is 10.0. The second kappa shape index (κ2) is 9.07. The summed E-state index contributed by atoms with van der Waals surface area (Å²) in [5.41, 5.74) is -11.1. The standard InChI is InChI=1S/C43H27NO/c1-2-12-30(13-3-1)44-39-20-10-6-16-33(39)34-24-22-29(27-40(34)44)28-23-25-42-38(26-28)43(37-19-9-11-21-41(37)45-42)35-17-7-4-14-31(35)32-15-5-8-18-36(32)43/h1-27H/i1D,2D,3D,4D,5D,6D,7D,8D,9D,10D,11D,12D,13D,14D,15D,16D,17D,18D,19D,20D,21D,22D,23D,24D,25D,26D,27D. The summed E-state index contributed by atoms with van der Waals surface area (Å²) in [5.74, 6) is -1.72. The van der Waals surface area contributed by atoms with Crippen LogP contribution in [0.3, 0.4) is 0 Å². The highest BCUT2D eigenvalue weighted by Crippen LogP contribution is 2.62. The van der Waals surface area contributed by atoms with Crippen molar-refractivity contribution < 1.29 is 41.7 Å². The monoisotopic (exact) mass is 600 g/mol. The van der Waals surface area contributed by atoms with Gasteiger partial charge in [-0.1, -0.05) is 121 Å². The third-order valence-corrected chi connectivity index (χ3v) is 7.88. The van der Waals surface area contributed by atoms with Gasteiger partial charge in [0.25, 0.3) is 0 Å². The van der Waals surface area contributed by atoms with Gasteiger partial charge in [0.15, 0.2) is 0 Å². The van der Waals surface area contributed by atoms with Crippen molar-refractivity contribution in [1.82, 2.24) is 4.57 Å². The number of nitrogens with zero attached hydrogens (tertiary/aromatic N) is 1. The SMILES string of the molecule is [2H]c1c([2H])c([2H])c(-n2c3c([2H])c([2H])c([2H])c([2H])c3c3c([2H])c([2H])c(-c4c([2H])c([2H])c5c(c4[2H])C4(c6c([2H])c([2H])c([2H])c([2H])c6O5)c5c([2H])c([2H])c([2H])c([2H])c5-c5c([2H])c([2H])c([2H])c([2H])c54)c([2H])c32)c([2H])c1[2H]. The zero-order valence-electron chi connectivity index (χ0n) is 49.4. The van der Waals surface area contributed by atoms with Gasteiger partial charge in [0, 0.05) is 27.6 Å². The maximum Gasteiger partial charge on any atom is 0.132 e. The Morgan fingerprint density at radius 3 is 1.82 bits per heavy atom. The molecule has 0 unspecified atom stereocenters. The highest BCUT2D eigenvalue weighted by Gasteiger charge is 2.50. The van der Waals surface area contributed by atoms with Crippen molar-refractivity contribution in [1.29, 1.82) is 0 Å². The van der Waals surface area contributed by atoms with Crippen LogP contribution in [0.5, 0.6) is 11.5 Å². The van der Waals surface area contributed by atoms with Gasteiger partial charge in [-0.05, 0) is 75.7 Å². The Hall–Kier alpha value is -5.86. The number of ether oxygens (including phenoxy) is 1. The summed E-state index contributed by atoms with van der Waals surface area (Å²) in [4.78, 5) is 0. The van der Waals surface area contributed by atoms with Crippen LogP contribution in [0.2, 0.25) is 0 Å². The van der Waals surface area contributed by atoms with Crippen LogP contribution in [0.4, 0.5) is 0 Å². The predicted octanol–water partition coefficient (Wildman–Crippen LogP) is 10.9. The Bertz CT molecular complexity index is 3890. The Kier molecular flexibility index (Phi) is 2.03. The van der Waals surface area contributed by atoms with E-state index in [-0.39, 0.29) is 0 Å². The normalized spacial score (nSPS) is 22.1. The second-order valence-corrected chi connectivity index (χ2v) is 10.0. The maximum atomic E-state index is 10.2. The Labute approximate surface area is 299 Å². The number of fused-ring (bicyclic) bond motifs is 12. The van der Waals surface area contributed by atoms with Gasteiger partial charge < -0.3 is 9.30 Å². The summed E-state index contributed by atoms with van der Waals surface area (Å²) in [7, 11) is 0. The Morgan fingerprint density at radius 2 is 1.02 bits per heavy atom. The molecule has 8 aromatic rings. The Balaban J connectivity index is 1.50. The van der Waals surface area contributed by atoms with E-state index in [0.29, 0.717) is 4.57 Å². The summed E-state index contributed by atoms with van der Waals surface area (Å²) in [6.45, 7) is 0. The quantitative estimate of drug-likeness (QED) is 0.192. The van der Waals surface area contributed by atoms with E-state index < -0.39 is 252 Å². The van der Waals surface area contributed by atoms with E-state index in [4.69, 9.17) is 26.7 Å². The van der Waals surface area contributed by atoms with Gasteiger partial charge in [-0.3, -0.25) is 0 Å². The van der Waals surface area contributed by atoms with Gasteiger partial charge in [-0.2, -0.15) is 0 Å². The van der Waals surface area contributed by atoms with Gasteiger partial charge >= 0.3 is 0 Å². The molecule has 0 N–H and O–H groups in total. The molecule has 10 rings (SSSR count). The molecule has 1 aliphatic carbocycles. The van der Waals surface area contributed by atoms with Crippen LogP contribution in [0, 0.1) is 0 Å². The molecule has 0 amide bonds. The van der Waals surface area contributed by atoms with Gasteiger partial charge in [-0.25, -0.2) is 0 Å². The van der Waals surface area contributed by atoms with Crippen LogP contribution in [-0.4, -0.2) is 4.57 Å². The average Bonchev–Trinajstić information content (AvgIpc) is 3.86. The van der Waals surface area contributed by atoms with Crippen LogP contribution >= 0.6 is 0 Å². The summed E-state index contributed by atoms with van der Waals surface area (Å²) in [6, 6.07) is -25.8. The van der Waals surface area contributed by atoms with Crippen molar-refractivity contribution in [2.45, 2.75) is 5.41 Å². The van der Waals surface area contributed by atoms with Crippen molar-refractivity contribution in [3.05, 3.63) is 185 Å². The van der Waals surface area contributed by atoms with Crippen molar-refractivity contribution in [2.75, 3.05) is 0 Å². The molecule has 45 heavy (non-hydrogen) atoms. The molecule has 0 fully saturated rings. The lowest BCUT2D eigenvalue weighted by Crippen LogP contribution is -2.32. The van der Waals surface area contributed by atoms with E-state index >= 15 is 0 Å². The average molecular weight is 601 g/mol. The molecule has 0 saturated carbocycles. The van der Waals surface area contributed by atoms with E-state index in [9.17, 15) is 15.1 Å². The van der Waals surface area contributed by atoms with Gasteiger partial charge in [-0.15, -0.1) is 0 Å². The number of benzene rings is 7. The zero-order valence-corrected chi connectivity index (χ0v) is 22.4. The maximum absolute atomic E-state index is 10.2. The van der Waals surface area contributed by atoms with Crippen LogP contribution in [0.15, 0.2) is 163 Å². The van der Waals surface area contributed by atoms with Crippen LogP contribution in [0.1, 0.15) is 59.3 Å². The fourth-order valence-corrected chi connectivity index (χ4v) is 6.13. The van der Waals surface area contributed by atoms with E-state index in [1.54, 1.807) is 0 Å². The molecule has 1 aromatic heterocycles. The summed E-state index contributed by atoms with van der Waals surface area (Å²) >= 11 is 0. The first-order chi connectivity index (χ1) is 33.6. The smallest absolute Gasteiger partial charge is 0.132 e. The third-order valence-electron chi connectivity index (χ3n) is 7.88. The fourth-order valence-electron chi connectivity index (χ4n) is 6.13. The summed E-state index contributed by atoms with van der Waals surface area (Å²) < 4.78 is 251. The number of hydrogen-bond donors (Lipinski definition) is 0. The molecule has 0 bridgehead atoms. The van der Waals surface area contributed by atoms with Gasteiger partial charge in [0.05, 0.1) is 53.5 Å². The zero-order chi connectivity index (χ0) is 53.0. The topological polar surface area (TPSA) is 14.2 Å². The molecule has 2 heterocycles. The summed E-state index contributed by atoms with van der Waals surface area (Å²) in [5, 5.41) is -1.12. The fraction of sp³-hybridized carbons (Fsp3) is 0.0233. The first-order valence-corrected chi connectivity index (χ1v) is 13.3. The Morgan fingerprint density at radius 1 is 0.444 bits per heavy atom. The molecule has 0 radical (unpaired) electrons. The van der Waals surface area contributed by atoms with E-state index in [1.165, 1.54) is 0 Å². The van der Waals surface area contributed by atoms with Crippen LogP contribution < -0.4 is 4.74 Å². The van der Waals surface area contributed by atoms with E-state index in [0.717, 1.165) is 0 Å². The first-order valence-electron chi connectivity index (χ1n) is 26.8. The molecular weight excluding hydrogens is 546 g/mol. The minimum Gasteiger partial charge on any atom is -0.457 e. The molecule has 210 valence electrons. The molecule has 2 aliphatic rings. The summed E-state index contributed by atoms with van der Waals surface area (Å²) in [6.07, 6.45) is 0. The highest BCUT2D eigenvalue weighted by molar-refractivity contribution is 6.10. The number of aromatic nitrogens is 1. The lowest BCUT2D eigenvalue weighted by atomic mass is 9.66.